The Morgan fingerprint density at radius 3 is 2.84 bits per heavy atom. The number of benzene rings is 1. The fraction of sp³-hybridized carbons (Fsp3) is 0.188. The Hall–Kier alpha value is -2.23. The van der Waals surface area contributed by atoms with Crippen molar-refractivity contribution >= 4 is 21.4 Å². The standard InChI is InChI=1S/C16H16FN3O3S2/c1-23-14-6-5-12(17)10-16(14)25(21,22)19-11-13(15-4-2-9-24-15)20-8-3-7-18-20/h2-10,13,19H,11H2,1H3. The molecule has 132 valence electrons. The van der Waals surface area contributed by atoms with Gasteiger partial charge in [-0.2, -0.15) is 5.10 Å². The molecule has 0 fully saturated rings. The van der Waals surface area contributed by atoms with E-state index in [9.17, 15) is 12.8 Å². The molecule has 0 aliphatic carbocycles. The SMILES string of the molecule is COc1ccc(F)cc1S(=O)(=O)NCC(c1cccs1)n1cccn1. The summed E-state index contributed by atoms with van der Waals surface area (Å²) in [6, 6.07) is 8.64. The van der Waals surface area contributed by atoms with Crippen molar-refractivity contribution in [2.24, 2.45) is 0 Å². The Morgan fingerprint density at radius 2 is 2.20 bits per heavy atom. The van der Waals surface area contributed by atoms with Crippen LogP contribution in [-0.4, -0.2) is 31.9 Å². The zero-order chi connectivity index (χ0) is 17.9. The van der Waals surface area contributed by atoms with E-state index in [1.807, 2.05) is 17.5 Å². The Bertz CT molecular complexity index is 891. The zero-order valence-corrected chi connectivity index (χ0v) is 14.9. The van der Waals surface area contributed by atoms with Gasteiger partial charge in [-0.3, -0.25) is 4.68 Å². The summed E-state index contributed by atoms with van der Waals surface area (Å²) in [4.78, 5) is 0.720. The predicted octanol–water partition coefficient (Wildman–Crippen LogP) is 2.66. The molecule has 1 aromatic carbocycles. The summed E-state index contributed by atoms with van der Waals surface area (Å²) in [6.07, 6.45) is 3.40. The summed E-state index contributed by atoms with van der Waals surface area (Å²) in [7, 11) is -2.62. The lowest BCUT2D eigenvalue weighted by Crippen LogP contribution is -2.31. The van der Waals surface area contributed by atoms with E-state index in [4.69, 9.17) is 4.74 Å². The number of halogens is 1. The summed E-state index contributed by atoms with van der Waals surface area (Å²) >= 11 is 1.51. The summed E-state index contributed by atoms with van der Waals surface area (Å²) in [5, 5.41) is 6.11. The number of hydrogen-bond acceptors (Lipinski definition) is 5. The fourth-order valence-electron chi connectivity index (χ4n) is 2.40. The smallest absolute Gasteiger partial charge is 0.244 e. The Labute approximate surface area is 148 Å². The molecule has 1 unspecified atom stereocenters. The van der Waals surface area contributed by atoms with Gasteiger partial charge in [0.1, 0.15) is 16.5 Å². The third kappa shape index (κ3) is 3.89. The van der Waals surface area contributed by atoms with Crippen LogP contribution in [-0.2, 0) is 10.0 Å². The Morgan fingerprint density at radius 1 is 1.36 bits per heavy atom. The van der Waals surface area contributed by atoms with Crippen LogP contribution >= 0.6 is 11.3 Å². The maximum absolute atomic E-state index is 13.5. The van der Waals surface area contributed by atoms with Crippen LogP contribution in [0.5, 0.6) is 5.75 Å². The highest BCUT2D eigenvalue weighted by Gasteiger charge is 2.23. The third-order valence-electron chi connectivity index (χ3n) is 3.60. The van der Waals surface area contributed by atoms with E-state index < -0.39 is 15.8 Å². The van der Waals surface area contributed by atoms with Crippen molar-refractivity contribution in [2.45, 2.75) is 10.9 Å². The van der Waals surface area contributed by atoms with E-state index >= 15 is 0 Å². The number of hydrogen-bond donors (Lipinski definition) is 1. The van der Waals surface area contributed by atoms with Gasteiger partial charge < -0.3 is 4.74 Å². The summed E-state index contributed by atoms with van der Waals surface area (Å²) in [5.74, 6) is -0.566. The molecular formula is C16H16FN3O3S2. The quantitative estimate of drug-likeness (QED) is 0.683. The van der Waals surface area contributed by atoms with Gasteiger partial charge >= 0.3 is 0 Å². The van der Waals surface area contributed by atoms with Gasteiger partial charge in [-0.1, -0.05) is 6.07 Å². The number of aromatic nitrogens is 2. The van der Waals surface area contributed by atoms with Crippen LogP contribution < -0.4 is 9.46 Å². The average Bonchev–Trinajstić information content (AvgIpc) is 3.29. The van der Waals surface area contributed by atoms with Gasteiger partial charge in [0.2, 0.25) is 10.0 Å². The van der Waals surface area contributed by atoms with Gasteiger partial charge in [0.05, 0.1) is 13.2 Å². The fourth-order valence-corrected chi connectivity index (χ4v) is 4.43. The van der Waals surface area contributed by atoms with Gasteiger partial charge in [-0.05, 0) is 35.7 Å². The molecule has 0 amide bonds. The molecule has 0 aliphatic rings. The second-order valence-electron chi connectivity index (χ2n) is 5.16. The first kappa shape index (κ1) is 17.6. The lowest BCUT2D eigenvalue weighted by Gasteiger charge is -2.18. The van der Waals surface area contributed by atoms with Crippen LogP contribution in [0.1, 0.15) is 10.9 Å². The lowest BCUT2D eigenvalue weighted by molar-refractivity contribution is 0.400. The molecule has 0 saturated heterocycles. The molecule has 0 aliphatic heterocycles. The molecule has 1 N–H and O–H groups in total. The molecule has 3 aromatic rings. The van der Waals surface area contributed by atoms with Gasteiger partial charge in [0.15, 0.2) is 0 Å². The van der Waals surface area contributed by atoms with Crippen molar-refractivity contribution in [3.8, 4) is 5.75 Å². The number of rotatable bonds is 7. The monoisotopic (exact) mass is 381 g/mol. The lowest BCUT2D eigenvalue weighted by atomic mass is 10.2. The van der Waals surface area contributed by atoms with Crippen LogP contribution in [0.4, 0.5) is 4.39 Å². The third-order valence-corrected chi connectivity index (χ3v) is 6.02. The second kappa shape index (κ2) is 7.34. The van der Waals surface area contributed by atoms with Crippen LogP contribution in [0.15, 0.2) is 59.1 Å². The molecule has 0 saturated carbocycles. The molecule has 1 atom stereocenters. The van der Waals surface area contributed by atoms with Crippen LogP contribution in [0.2, 0.25) is 0 Å². The first-order chi connectivity index (χ1) is 12.0. The minimum Gasteiger partial charge on any atom is -0.495 e. The van der Waals surface area contributed by atoms with E-state index in [1.165, 1.54) is 24.5 Å². The van der Waals surface area contributed by atoms with Crippen molar-refractivity contribution in [1.82, 2.24) is 14.5 Å². The number of methoxy groups -OCH3 is 1. The molecule has 0 bridgehead atoms. The molecule has 2 aromatic heterocycles. The summed E-state index contributed by atoms with van der Waals surface area (Å²) in [5.41, 5.74) is 0. The largest absolute Gasteiger partial charge is 0.495 e. The molecule has 2 heterocycles. The van der Waals surface area contributed by atoms with Gasteiger partial charge in [-0.15, -0.1) is 11.3 Å². The molecule has 9 heteroatoms. The van der Waals surface area contributed by atoms with Crippen LogP contribution in [0.3, 0.4) is 0 Å². The van der Waals surface area contributed by atoms with Crippen molar-refractivity contribution in [3.63, 3.8) is 0 Å². The number of thiophene rings is 1. The van der Waals surface area contributed by atoms with Crippen molar-refractivity contribution in [3.05, 3.63) is 64.9 Å². The highest BCUT2D eigenvalue weighted by Crippen LogP contribution is 2.26. The van der Waals surface area contributed by atoms with Gasteiger partial charge in [-0.25, -0.2) is 17.5 Å². The number of sulfonamides is 1. The Balaban J connectivity index is 1.87. The summed E-state index contributed by atoms with van der Waals surface area (Å²) in [6.45, 7) is 0.0736. The molecular weight excluding hydrogens is 365 g/mol. The molecule has 0 radical (unpaired) electrons. The Kier molecular flexibility index (Phi) is 5.16. The zero-order valence-electron chi connectivity index (χ0n) is 13.3. The van der Waals surface area contributed by atoms with Crippen LogP contribution in [0, 0.1) is 5.82 Å². The molecule has 25 heavy (non-hydrogen) atoms. The van der Waals surface area contributed by atoms with Crippen molar-refractivity contribution in [1.29, 1.82) is 0 Å². The number of ether oxygens (including phenoxy) is 1. The van der Waals surface area contributed by atoms with Crippen molar-refractivity contribution < 1.29 is 17.5 Å². The van der Waals surface area contributed by atoms with E-state index in [1.54, 1.807) is 23.1 Å². The molecule has 0 spiro atoms. The second-order valence-corrected chi connectivity index (χ2v) is 7.88. The van der Waals surface area contributed by atoms with E-state index in [0.717, 1.165) is 17.0 Å². The van der Waals surface area contributed by atoms with E-state index in [-0.39, 0.29) is 23.2 Å². The summed E-state index contributed by atoms with van der Waals surface area (Å²) < 4.78 is 48.0. The number of nitrogens with one attached hydrogen (secondary N) is 1. The maximum Gasteiger partial charge on any atom is 0.244 e. The van der Waals surface area contributed by atoms with Crippen molar-refractivity contribution in [2.75, 3.05) is 13.7 Å². The van der Waals surface area contributed by atoms with E-state index in [2.05, 4.69) is 9.82 Å². The topological polar surface area (TPSA) is 73.2 Å². The predicted molar refractivity (Wildman–Crippen MR) is 92.8 cm³/mol. The van der Waals surface area contributed by atoms with Gasteiger partial charge in [0, 0.05) is 23.8 Å². The minimum atomic E-state index is -3.95. The first-order valence-corrected chi connectivity index (χ1v) is 9.73. The molecule has 6 nitrogen and oxygen atoms in total. The first-order valence-electron chi connectivity index (χ1n) is 7.37. The normalized spacial score (nSPS) is 12.9. The highest BCUT2D eigenvalue weighted by atomic mass is 32.2. The highest BCUT2D eigenvalue weighted by molar-refractivity contribution is 7.89. The van der Waals surface area contributed by atoms with E-state index in [0.29, 0.717) is 0 Å². The average molecular weight is 381 g/mol. The maximum atomic E-state index is 13.5. The van der Waals surface area contributed by atoms with Gasteiger partial charge in [0.25, 0.3) is 0 Å². The van der Waals surface area contributed by atoms with Crippen LogP contribution in [0.25, 0.3) is 0 Å². The molecule has 3 rings (SSSR count). The minimum absolute atomic E-state index is 0.0736. The number of nitrogens with zero attached hydrogens (tertiary/aromatic N) is 2.